The monoisotopic (exact) mass is 272 g/mol. The predicted molar refractivity (Wildman–Crippen MR) is 64.8 cm³/mol. The Balaban J connectivity index is 2.10. The summed E-state index contributed by atoms with van der Waals surface area (Å²) in [7, 11) is 0. The molecule has 0 aromatic heterocycles. The van der Waals surface area contributed by atoms with Gasteiger partial charge in [-0.3, -0.25) is 4.79 Å². The fourth-order valence-corrected chi connectivity index (χ4v) is 2.03. The summed E-state index contributed by atoms with van der Waals surface area (Å²) in [4.78, 5) is 13.8. The summed E-state index contributed by atoms with van der Waals surface area (Å²) in [5.74, 6) is -0.211. The van der Waals surface area contributed by atoms with Gasteiger partial charge in [-0.1, -0.05) is 0 Å². The van der Waals surface area contributed by atoms with E-state index >= 15 is 0 Å². The number of alkyl halides is 3. The Labute approximate surface area is 109 Å². The lowest BCUT2D eigenvalue weighted by Crippen LogP contribution is -2.34. The van der Waals surface area contributed by atoms with Gasteiger partial charge in [-0.05, 0) is 37.2 Å². The molecule has 6 heteroatoms. The van der Waals surface area contributed by atoms with Crippen LogP contribution in [0.3, 0.4) is 0 Å². The Hall–Kier alpha value is -1.56. The Morgan fingerprint density at radius 1 is 1.11 bits per heavy atom. The zero-order valence-electron chi connectivity index (χ0n) is 10.3. The van der Waals surface area contributed by atoms with E-state index in [1.54, 1.807) is 4.90 Å². The molecule has 1 aromatic carbocycles. The minimum absolute atomic E-state index is 0.211. The van der Waals surface area contributed by atoms with E-state index in [0.717, 1.165) is 25.1 Å². The summed E-state index contributed by atoms with van der Waals surface area (Å²) in [6.45, 7) is 2.79. The molecule has 3 nitrogen and oxygen atoms in total. The highest BCUT2D eigenvalue weighted by Gasteiger charge is 2.30. The maximum absolute atomic E-state index is 12.4. The second-order valence-corrected chi connectivity index (χ2v) is 4.47. The molecule has 0 bridgehead atoms. The van der Waals surface area contributed by atoms with Crippen LogP contribution in [0.15, 0.2) is 24.3 Å². The van der Waals surface area contributed by atoms with Crippen molar-refractivity contribution < 1.29 is 18.0 Å². The van der Waals surface area contributed by atoms with Crippen LogP contribution in [0.5, 0.6) is 0 Å². The summed E-state index contributed by atoms with van der Waals surface area (Å²) >= 11 is 0. The summed E-state index contributed by atoms with van der Waals surface area (Å²) in [5.41, 5.74) is -0.434. The van der Waals surface area contributed by atoms with Crippen LogP contribution in [-0.2, 0) is 6.18 Å². The highest BCUT2D eigenvalue weighted by atomic mass is 19.4. The number of rotatable bonds is 1. The van der Waals surface area contributed by atoms with Crippen LogP contribution < -0.4 is 5.32 Å². The molecule has 1 heterocycles. The first-order valence-electron chi connectivity index (χ1n) is 6.16. The van der Waals surface area contributed by atoms with E-state index in [-0.39, 0.29) is 5.91 Å². The van der Waals surface area contributed by atoms with Crippen molar-refractivity contribution in [2.24, 2.45) is 0 Å². The van der Waals surface area contributed by atoms with Crippen molar-refractivity contribution >= 4 is 5.91 Å². The summed E-state index contributed by atoms with van der Waals surface area (Å²) in [6.07, 6.45) is -3.51. The molecule has 2 rings (SSSR count). The average Bonchev–Trinajstić information content (AvgIpc) is 2.66. The van der Waals surface area contributed by atoms with E-state index in [4.69, 9.17) is 0 Å². The van der Waals surface area contributed by atoms with Crippen molar-refractivity contribution in [1.29, 1.82) is 0 Å². The quantitative estimate of drug-likeness (QED) is 0.849. The molecule has 1 aliphatic heterocycles. The van der Waals surface area contributed by atoms with Gasteiger partial charge in [-0.15, -0.1) is 0 Å². The van der Waals surface area contributed by atoms with Crippen LogP contribution >= 0.6 is 0 Å². The molecule has 0 unspecified atom stereocenters. The van der Waals surface area contributed by atoms with E-state index < -0.39 is 11.7 Å². The largest absolute Gasteiger partial charge is 0.416 e. The minimum Gasteiger partial charge on any atom is -0.337 e. The van der Waals surface area contributed by atoms with Gasteiger partial charge in [0.1, 0.15) is 0 Å². The molecule has 1 aromatic rings. The molecule has 0 spiro atoms. The first-order chi connectivity index (χ1) is 8.98. The first kappa shape index (κ1) is 13.9. The number of benzene rings is 1. The van der Waals surface area contributed by atoms with Crippen LogP contribution in [0.4, 0.5) is 13.2 Å². The van der Waals surface area contributed by atoms with Gasteiger partial charge in [-0.2, -0.15) is 13.2 Å². The molecule has 1 aliphatic rings. The summed E-state index contributed by atoms with van der Waals surface area (Å²) < 4.78 is 37.3. The van der Waals surface area contributed by atoms with Crippen molar-refractivity contribution in [3.05, 3.63) is 35.4 Å². The maximum atomic E-state index is 12.4. The molecule has 1 saturated heterocycles. The normalized spacial score (nSPS) is 17.1. The zero-order chi connectivity index (χ0) is 13.9. The number of carbonyl (C=O) groups excluding carboxylic acids is 1. The second-order valence-electron chi connectivity index (χ2n) is 4.47. The average molecular weight is 272 g/mol. The number of nitrogens with zero attached hydrogens (tertiary/aromatic N) is 1. The van der Waals surface area contributed by atoms with Gasteiger partial charge in [0, 0.05) is 25.2 Å². The first-order valence-corrected chi connectivity index (χ1v) is 6.16. The van der Waals surface area contributed by atoms with Gasteiger partial charge < -0.3 is 10.2 Å². The van der Waals surface area contributed by atoms with E-state index in [0.29, 0.717) is 25.2 Å². The molecule has 0 radical (unpaired) electrons. The number of halogens is 3. The van der Waals surface area contributed by atoms with Gasteiger partial charge in [0.15, 0.2) is 0 Å². The number of amides is 1. The highest BCUT2D eigenvalue weighted by Crippen LogP contribution is 2.29. The third-order valence-electron chi connectivity index (χ3n) is 3.09. The lowest BCUT2D eigenvalue weighted by atomic mass is 10.1. The molecular weight excluding hydrogens is 257 g/mol. The second kappa shape index (κ2) is 5.61. The summed E-state index contributed by atoms with van der Waals surface area (Å²) in [6, 6.07) is 4.37. The third-order valence-corrected chi connectivity index (χ3v) is 3.09. The van der Waals surface area contributed by atoms with Crippen molar-refractivity contribution in [2.45, 2.75) is 12.6 Å². The molecular formula is C13H15F3N2O. The van der Waals surface area contributed by atoms with Crippen molar-refractivity contribution in [2.75, 3.05) is 26.2 Å². The fraction of sp³-hybridized carbons (Fsp3) is 0.462. The zero-order valence-corrected chi connectivity index (χ0v) is 10.3. The van der Waals surface area contributed by atoms with E-state index in [9.17, 15) is 18.0 Å². The Bertz CT molecular complexity index is 434. The third kappa shape index (κ3) is 3.47. The molecule has 19 heavy (non-hydrogen) atoms. The SMILES string of the molecule is O=C(c1ccc(C(F)(F)F)cc1)N1CCCNCC1. The molecule has 0 aliphatic carbocycles. The van der Waals surface area contributed by atoms with Gasteiger partial charge in [0.2, 0.25) is 0 Å². The summed E-state index contributed by atoms with van der Waals surface area (Å²) in [5, 5.41) is 3.17. The Morgan fingerprint density at radius 2 is 1.79 bits per heavy atom. The Kier molecular flexibility index (Phi) is 4.09. The van der Waals surface area contributed by atoms with Crippen LogP contribution in [0, 0.1) is 0 Å². The van der Waals surface area contributed by atoms with E-state index in [1.165, 1.54) is 12.1 Å². The van der Waals surface area contributed by atoms with E-state index in [1.807, 2.05) is 0 Å². The maximum Gasteiger partial charge on any atom is 0.416 e. The number of hydrogen-bond acceptors (Lipinski definition) is 2. The lowest BCUT2D eigenvalue weighted by Gasteiger charge is -2.20. The van der Waals surface area contributed by atoms with Crippen LogP contribution in [0.1, 0.15) is 22.3 Å². The lowest BCUT2D eigenvalue weighted by molar-refractivity contribution is -0.137. The number of carbonyl (C=O) groups is 1. The van der Waals surface area contributed by atoms with Crippen LogP contribution in [-0.4, -0.2) is 37.0 Å². The van der Waals surface area contributed by atoms with Gasteiger partial charge in [0.05, 0.1) is 5.56 Å². The topological polar surface area (TPSA) is 32.3 Å². The van der Waals surface area contributed by atoms with Gasteiger partial charge in [-0.25, -0.2) is 0 Å². The van der Waals surface area contributed by atoms with Crippen LogP contribution in [0.25, 0.3) is 0 Å². The molecule has 1 fully saturated rings. The molecule has 1 N–H and O–H groups in total. The van der Waals surface area contributed by atoms with Crippen molar-refractivity contribution in [3.63, 3.8) is 0 Å². The van der Waals surface area contributed by atoms with Crippen molar-refractivity contribution in [3.8, 4) is 0 Å². The molecule has 104 valence electrons. The number of hydrogen-bond donors (Lipinski definition) is 1. The fourth-order valence-electron chi connectivity index (χ4n) is 2.03. The van der Waals surface area contributed by atoms with Crippen molar-refractivity contribution in [1.82, 2.24) is 10.2 Å². The van der Waals surface area contributed by atoms with Gasteiger partial charge >= 0.3 is 6.18 Å². The van der Waals surface area contributed by atoms with Gasteiger partial charge in [0.25, 0.3) is 5.91 Å². The van der Waals surface area contributed by atoms with Crippen LogP contribution in [0.2, 0.25) is 0 Å². The highest BCUT2D eigenvalue weighted by molar-refractivity contribution is 5.94. The predicted octanol–water partition coefficient (Wildman–Crippen LogP) is 2.14. The number of nitrogens with one attached hydrogen (secondary N) is 1. The molecule has 1 amide bonds. The minimum atomic E-state index is -4.37. The smallest absolute Gasteiger partial charge is 0.337 e. The van der Waals surface area contributed by atoms with E-state index in [2.05, 4.69) is 5.32 Å². The molecule has 0 saturated carbocycles. The molecule has 0 atom stereocenters. The Morgan fingerprint density at radius 3 is 2.42 bits per heavy atom. The standard InChI is InChI=1S/C13H15F3N2O/c14-13(15,16)11-4-2-10(3-5-11)12(19)18-8-1-6-17-7-9-18/h2-5,17H,1,6-9H2.